The van der Waals surface area contributed by atoms with Gasteiger partial charge in [0.15, 0.2) is 5.82 Å². The lowest BCUT2D eigenvalue weighted by atomic mass is 10.2. The number of rotatable bonds is 5. The van der Waals surface area contributed by atoms with Crippen molar-refractivity contribution in [2.75, 3.05) is 6.26 Å². The summed E-state index contributed by atoms with van der Waals surface area (Å²) in [6.07, 6.45) is 5.86. The van der Waals surface area contributed by atoms with Gasteiger partial charge in [-0.25, -0.2) is 4.68 Å². The van der Waals surface area contributed by atoms with Crippen LogP contribution in [0.1, 0.15) is 45.0 Å². The average Bonchev–Trinajstić information content (AvgIpc) is 2.94. The standard InChI is InChI=1S/C11H21N5S/c1-8(2)12-7-11-13-14-15-16(11)9-4-5-10(6-9)17-3/h8-10,12H,4-7H2,1-3H3. The minimum atomic E-state index is 0.461. The van der Waals surface area contributed by atoms with Crippen LogP contribution in [0.25, 0.3) is 0 Å². The third-order valence-electron chi connectivity index (χ3n) is 3.27. The van der Waals surface area contributed by atoms with Crippen LogP contribution in [-0.2, 0) is 6.54 Å². The minimum absolute atomic E-state index is 0.461. The van der Waals surface area contributed by atoms with Crippen molar-refractivity contribution in [1.82, 2.24) is 25.5 Å². The Kier molecular flexibility index (Phi) is 4.39. The van der Waals surface area contributed by atoms with Gasteiger partial charge >= 0.3 is 0 Å². The maximum absolute atomic E-state index is 4.15. The molecule has 0 saturated heterocycles. The number of hydrogen-bond donors (Lipinski definition) is 1. The van der Waals surface area contributed by atoms with Crippen molar-refractivity contribution in [3.05, 3.63) is 5.82 Å². The highest BCUT2D eigenvalue weighted by Gasteiger charge is 2.27. The van der Waals surface area contributed by atoms with E-state index in [0.717, 1.165) is 17.6 Å². The van der Waals surface area contributed by atoms with E-state index >= 15 is 0 Å². The highest BCUT2D eigenvalue weighted by atomic mass is 32.2. The number of thioether (sulfide) groups is 1. The van der Waals surface area contributed by atoms with Gasteiger partial charge in [0.25, 0.3) is 0 Å². The highest BCUT2D eigenvalue weighted by molar-refractivity contribution is 7.99. The molecule has 2 rings (SSSR count). The molecular formula is C11H21N5S. The van der Waals surface area contributed by atoms with E-state index in [4.69, 9.17) is 0 Å². The van der Waals surface area contributed by atoms with E-state index in [0.29, 0.717) is 12.1 Å². The summed E-state index contributed by atoms with van der Waals surface area (Å²) in [5.41, 5.74) is 0. The van der Waals surface area contributed by atoms with Gasteiger partial charge in [0.1, 0.15) is 0 Å². The second kappa shape index (κ2) is 5.82. The first kappa shape index (κ1) is 12.8. The molecular weight excluding hydrogens is 234 g/mol. The zero-order chi connectivity index (χ0) is 12.3. The Morgan fingerprint density at radius 2 is 2.29 bits per heavy atom. The van der Waals surface area contributed by atoms with Crippen molar-refractivity contribution in [3.8, 4) is 0 Å². The number of nitrogens with one attached hydrogen (secondary N) is 1. The number of hydrogen-bond acceptors (Lipinski definition) is 5. The first-order valence-electron chi connectivity index (χ1n) is 6.23. The van der Waals surface area contributed by atoms with E-state index in [-0.39, 0.29) is 0 Å². The molecule has 1 aliphatic carbocycles. The smallest absolute Gasteiger partial charge is 0.165 e. The normalized spacial score (nSPS) is 24.7. The van der Waals surface area contributed by atoms with Gasteiger partial charge < -0.3 is 5.32 Å². The van der Waals surface area contributed by atoms with E-state index in [2.05, 4.69) is 40.9 Å². The highest BCUT2D eigenvalue weighted by Crippen LogP contribution is 2.35. The van der Waals surface area contributed by atoms with Crippen LogP contribution in [-0.4, -0.2) is 37.8 Å². The molecule has 0 spiro atoms. The van der Waals surface area contributed by atoms with E-state index < -0.39 is 0 Å². The van der Waals surface area contributed by atoms with Gasteiger partial charge in [0, 0.05) is 11.3 Å². The SMILES string of the molecule is CSC1CCC(n2nnnc2CNC(C)C)C1. The molecule has 1 fully saturated rings. The lowest BCUT2D eigenvalue weighted by Crippen LogP contribution is -2.25. The Labute approximate surface area is 107 Å². The molecule has 1 heterocycles. The maximum Gasteiger partial charge on any atom is 0.165 e. The van der Waals surface area contributed by atoms with Crippen LogP contribution in [0.5, 0.6) is 0 Å². The van der Waals surface area contributed by atoms with Gasteiger partial charge in [-0.3, -0.25) is 0 Å². The average molecular weight is 255 g/mol. The summed E-state index contributed by atoms with van der Waals surface area (Å²) in [5.74, 6) is 0.963. The van der Waals surface area contributed by atoms with Crippen LogP contribution >= 0.6 is 11.8 Å². The summed E-state index contributed by atoms with van der Waals surface area (Å²) in [5, 5.41) is 16.2. The van der Waals surface area contributed by atoms with Gasteiger partial charge in [-0.1, -0.05) is 13.8 Å². The van der Waals surface area contributed by atoms with Crippen LogP contribution in [0.15, 0.2) is 0 Å². The molecule has 1 saturated carbocycles. The lowest BCUT2D eigenvalue weighted by molar-refractivity contribution is 0.426. The van der Waals surface area contributed by atoms with E-state index in [1.807, 2.05) is 16.4 Å². The summed E-state index contributed by atoms with van der Waals surface area (Å²) in [7, 11) is 0. The van der Waals surface area contributed by atoms with Crippen LogP contribution < -0.4 is 5.32 Å². The number of tetrazole rings is 1. The molecule has 0 bridgehead atoms. The number of aromatic nitrogens is 4. The van der Waals surface area contributed by atoms with Crippen LogP contribution in [0.2, 0.25) is 0 Å². The minimum Gasteiger partial charge on any atom is -0.308 e. The Balaban J connectivity index is 1.99. The van der Waals surface area contributed by atoms with Crippen molar-refractivity contribution in [2.24, 2.45) is 0 Å². The Morgan fingerprint density at radius 1 is 1.47 bits per heavy atom. The monoisotopic (exact) mass is 255 g/mol. The first-order chi connectivity index (χ1) is 8.20. The molecule has 1 aromatic rings. The van der Waals surface area contributed by atoms with Gasteiger partial charge in [-0.2, -0.15) is 11.8 Å². The Hall–Kier alpha value is -0.620. The Bertz CT molecular complexity index is 351. The molecule has 0 aromatic carbocycles. The molecule has 5 nitrogen and oxygen atoms in total. The van der Waals surface area contributed by atoms with Crippen molar-refractivity contribution in [2.45, 2.75) is 57.0 Å². The fourth-order valence-electron chi connectivity index (χ4n) is 2.26. The second-order valence-electron chi connectivity index (χ2n) is 4.90. The van der Waals surface area contributed by atoms with Gasteiger partial charge in [-0.15, -0.1) is 5.10 Å². The second-order valence-corrected chi connectivity index (χ2v) is 6.04. The topological polar surface area (TPSA) is 55.6 Å². The summed E-state index contributed by atoms with van der Waals surface area (Å²) in [6, 6.07) is 0.953. The van der Waals surface area contributed by atoms with E-state index in [1.165, 1.54) is 19.3 Å². The van der Waals surface area contributed by atoms with Crippen molar-refractivity contribution in [1.29, 1.82) is 0 Å². The third-order valence-corrected chi connectivity index (χ3v) is 4.36. The van der Waals surface area contributed by atoms with Crippen molar-refractivity contribution in [3.63, 3.8) is 0 Å². The van der Waals surface area contributed by atoms with Crippen LogP contribution in [0.3, 0.4) is 0 Å². The summed E-state index contributed by atoms with van der Waals surface area (Å²) >= 11 is 1.96. The van der Waals surface area contributed by atoms with Crippen LogP contribution in [0, 0.1) is 0 Å². The Morgan fingerprint density at radius 3 is 2.94 bits per heavy atom. The van der Waals surface area contributed by atoms with E-state index in [1.54, 1.807) is 0 Å². The lowest BCUT2D eigenvalue weighted by Gasteiger charge is -2.13. The zero-order valence-corrected chi connectivity index (χ0v) is 11.6. The predicted octanol–water partition coefficient (Wildman–Crippen LogP) is 1.63. The molecule has 0 amide bonds. The van der Waals surface area contributed by atoms with Crippen molar-refractivity contribution >= 4 is 11.8 Å². The number of nitrogens with zero attached hydrogens (tertiary/aromatic N) is 4. The van der Waals surface area contributed by atoms with Crippen molar-refractivity contribution < 1.29 is 0 Å². The first-order valence-corrected chi connectivity index (χ1v) is 7.52. The summed E-state index contributed by atoms with van der Waals surface area (Å²) in [6.45, 7) is 5.02. The largest absolute Gasteiger partial charge is 0.308 e. The third kappa shape index (κ3) is 3.19. The molecule has 96 valence electrons. The molecule has 6 heteroatoms. The van der Waals surface area contributed by atoms with Crippen LogP contribution in [0.4, 0.5) is 0 Å². The maximum atomic E-state index is 4.15. The predicted molar refractivity (Wildman–Crippen MR) is 70.0 cm³/mol. The molecule has 17 heavy (non-hydrogen) atoms. The molecule has 0 aliphatic heterocycles. The zero-order valence-electron chi connectivity index (χ0n) is 10.8. The van der Waals surface area contributed by atoms with Gasteiger partial charge in [-0.05, 0) is 35.9 Å². The molecule has 1 aliphatic rings. The molecule has 1 N–H and O–H groups in total. The molecule has 2 atom stereocenters. The fourth-order valence-corrected chi connectivity index (χ4v) is 3.05. The fraction of sp³-hybridized carbons (Fsp3) is 0.909. The summed E-state index contributed by atoms with van der Waals surface area (Å²) < 4.78 is 2.02. The molecule has 2 unspecified atom stereocenters. The quantitative estimate of drug-likeness (QED) is 0.866. The molecule has 1 aromatic heterocycles. The van der Waals surface area contributed by atoms with Gasteiger partial charge in [0.05, 0.1) is 12.6 Å². The van der Waals surface area contributed by atoms with E-state index in [9.17, 15) is 0 Å². The molecule has 0 radical (unpaired) electrons. The van der Waals surface area contributed by atoms with Gasteiger partial charge in [0.2, 0.25) is 0 Å². The summed E-state index contributed by atoms with van der Waals surface area (Å²) in [4.78, 5) is 0.